The number of aromatic nitrogens is 1. The minimum atomic E-state index is -0.574. The van der Waals surface area contributed by atoms with Crippen molar-refractivity contribution in [3.63, 3.8) is 0 Å². The quantitative estimate of drug-likeness (QED) is 0.840. The summed E-state index contributed by atoms with van der Waals surface area (Å²) in [7, 11) is 0. The summed E-state index contributed by atoms with van der Waals surface area (Å²) in [6.07, 6.45) is 3.10. The molecule has 1 aromatic heterocycles. The van der Waals surface area contributed by atoms with Gasteiger partial charge >= 0.3 is 0 Å². The molecule has 2 amide bonds. The number of halogens is 2. The van der Waals surface area contributed by atoms with Gasteiger partial charge in [-0.1, -0.05) is 11.6 Å². The van der Waals surface area contributed by atoms with Crippen LogP contribution in [-0.4, -0.2) is 11.8 Å². The summed E-state index contributed by atoms with van der Waals surface area (Å²) in [6, 6.07) is 7.06. The van der Waals surface area contributed by atoms with Gasteiger partial charge in [0.1, 0.15) is 11.4 Å². The highest BCUT2D eigenvalue weighted by Gasteiger charge is 2.12. The van der Waals surface area contributed by atoms with Crippen LogP contribution in [0.1, 0.15) is 10.4 Å². The number of rotatable bonds is 4. The van der Waals surface area contributed by atoms with Crippen LogP contribution in [-0.2, 0) is 11.3 Å². The lowest BCUT2D eigenvalue weighted by Gasteiger charge is -2.04. The van der Waals surface area contributed by atoms with Crippen LogP contribution in [0.2, 0.25) is 5.02 Å². The van der Waals surface area contributed by atoms with Crippen LogP contribution in [0.3, 0.4) is 0 Å². The lowest BCUT2D eigenvalue weighted by molar-refractivity contribution is -0.684. The Morgan fingerprint density at radius 1 is 1.33 bits per heavy atom. The van der Waals surface area contributed by atoms with E-state index in [1.54, 1.807) is 18.3 Å². The molecule has 2 rings (SSSR count). The monoisotopic (exact) mass is 308 g/mol. The number of anilines is 1. The Morgan fingerprint density at radius 2 is 2.10 bits per heavy atom. The molecule has 0 radical (unpaired) electrons. The summed E-state index contributed by atoms with van der Waals surface area (Å²) in [5, 5.41) is 2.51. The summed E-state index contributed by atoms with van der Waals surface area (Å²) >= 11 is 5.63. The smallest absolute Gasteiger partial charge is 0.290 e. The first-order valence-corrected chi connectivity index (χ1v) is 6.37. The standard InChI is InChI=1S/C14H11ClFN3O2/c15-11-6-10(3-4-12(11)16)18-13(20)8-19-5-1-2-9(7-19)14(17)21/h1-7H,8H2,(H2-,17,18,20,21)/p+1. The number of primary amides is 1. The molecular formula is C14H12ClFN3O2+. The molecule has 5 nitrogen and oxygen atoms in total. The fraction of sp³-hybridized carbons (Fsp3) is 0.0714. The number of pyridine rings is 1. The number of amides is 2. The molecule has 0 unspecified atom stereocenters. The third-order valence-electron chi connectivity index (χ3n) is 2.67. The van der Waals surface area contributed by atoms with Gasteiger partial charge in [0.05, 0.1) is 5.02 Å². The maximum Gasteiger partial charge on any atom is 0.290 e. The number of hydrogen-bond donors (Lipinski definition) is 2. The maximum absolute atomic E-state index is 13.0. The second-order valence-electron chi connectivity index (χ2n) is 4.31. The largest absolute Gasteiger partial charge is 0.365 e. The molecule has 0 aliphatic carbocycles. The van der Waals surface area contributed by atoms with Gasteiger partial charge < -0.3 is 11.1 Å². The topological polar surface area (TPSA) is 76.1 Å². The van der Waals surface area contributed by atoms with Gasteiger partial charge in [-0.3, -0.25) is 9.59 Å². The molecule has 21 heavy (non-hydrogen) atoms. The van der Waals surface area contributed by atoms with E-state index in [4.69, 9.17) is 17.3 Å². The molecule has 3 N–H and O–H groups in total. The van der Waals surface area contributed by atoms with E-state index in [9.17, 15) is 14.0 Å². The van der Waals surface area contributed by atoms with E-state index in [-0.39, 0.29) is 17.5 Å². The van der Waals surface area contributed by atoms with Crippen LogP contribution in [0.15, 0.2) is 42.7 Å². The van der Waals surface area contributed by atoms with E-state index >= 15 is 0 Å². The predicted octanol–water partition coefficient (Wildman–Crippen LogP) is 1.50. The number of benzene rings is 1. The number of nitrogens with one attached hydrogen (secondary N) is 1. The zero-order valence-electron chi connectivity index (χ0n) is 10.8. The third kappa shape index (κ3) is 4.00. The van der Waals surface area contributed by atoms with E-state index in [0.717, 1.165) is 0 Å². The van der Waals surface area contributed by atoms with Crippen molar-refractivity contribution >= 4 is 29.1 Å². The summed E-state index contributed by atoms with van der Waals surface area (Å²) in [6.45, 7) is -0.0177. The molecular weight excluding hydrogens is 297 g/mol. The van der Waals surface area contributed by atoms with Crippen molar-refractivity contribution in [2.24, 2.45) is 5.73 Å². The highest BCUT2D eigenvalue weighted by atomic mass is 35.5. The molecule has 0 atom stereocenters. The number of hydrogen-bond acceptors (Lipinski definition) is 2. The number of nitrogens with zero attached hydrogens (tertiary/aromatic N) is 1. The fourth-order valence-corrected chi connectivity index (χ4v) is 1.89. The SMILES string of the molecule is NC(=O)c1ccc[n+](CC(=O)Nc2ccc(F)c(Cl)c2)c1. The van der Waals surface area contributed by atoms with E-state index in [0.29, 0.717) is 11.3 Å². The average molecular weight is 309 g/mol. The Bertz CT molecular complexity index is 706. The number of nitrogens with two attached hydrogens (primary N) is 1. The van der Waals surface area contributed by atoms with Gasteiger partial charge in [0.15, 0.2) is 12.4 Å². The Balaban J connectivity index is 2.06. The second-order valence-corrected chi connectivity index (χ2v) is 4.71. The first kappa shape index (κ1) is 14.9. The molecule has 7 heteroatoms. The lowest BCUT2D eigenvalue weighted by Crippen LogP contribution is -2.40. The zero-order chi connectivity index (χ0) is 15.4. The summed E-state index contributed by atoms with van der Waals surface area (Å²) in [5.41, 5.74) is 5.85. The van der Waals surface area contributed by atoms with Crippen molar-refractivity contribution in [1.82, 2.24) is 0 Å². The van der Waals surface area contributed by atoms with Crippen molar-refractivity contribution in [3.8, 4) is 0 Å². The maximum atomic E-state index is 13.0. The minimum absolute atomic E-state index is 0.0177. The van der Waals surface area contributed by atoms with Gasteiger partial charge in [-0.2, -0.15) is 4.57 Å². The second kappa shape index (κ2) is 6.32. The number of carbonyl (C=O) groups is 2. The van der Waals surface area contributed by atoms with Gasteiger partial charge in [0.25, 0.3) is 11.8 Å². The van der Waals surface area contributed by atoms with Crippen LogP contribution < -0.4 is 15.6 Å². The van der Waals surface area contributed by atoms with Crippen molar-refractivity contribution in [2.45, 2.75) is 6.54 Å². The minimum Gasteiger partial charge on any atom is -0.365 e. The molecule has 0 fully saturated rings. The van der Waals surface area contributed by atoms with Crippen molar-refractivity contribution < 1.29 is 18.5 Å². The summed E-state index contributed by atoms with van der Waals surface area (Å²) < 4.78 is 14.5. The lowest BCUT2D eigenvalue weighted by atomic mass is 10.2. The molecule has 0 spiro atoms. The molecule has 108 valence electrons. The zero-order valence-corrected chi connectivity index (χ0v) is 11.6. The molecule has 0 aliphatic rings. The van der Waals surface area contributed by atoms with Crippen LogP contribution in [0.25, 0.3) is 0 Å². The number of carbonyl (C=O) groups excluding carboxylic acids is 2. The molecule has 0 saturated heterocycles. The molecule has 1 aromatic carbocycles. The molecule has 1 heterocycles. The van der Waals surface area contributed by atoms with E-state index in [1.165, 1.54) is 29.0 Å². The Morgan fingerprint density at radius 3 is 2.76 bits per heavy atom. The van der Waals surface area contributed by atoms with Crippen LogP contribution in [0, 0.1) is 5.82 Å². The highest BCUT2D eigenvalue weighted by Crippen LogP contribution is 2.19. The summed E-state index contributed by atoms with van der Waals surface area (Å²) in [4.78, 5) is 22.9. The Labute approximate surface area is 125 Å². The van der Waals surface area contributed by atoms with Gasteiger partial charge in [-0.25, -0.2) is 4.39 Å². The first-order chi connectivity index (χ1) is 9.95. The average Bonchev–Trinajstić information content (AvgIpc) is 2.43. The Kier molecular flexibility index (Phi) is 4.49. The molecule has 0 saturated carbocycles. The van der Waals surface area contributed by atoms with Crippen molar-refractivity contribution in [1.29, 1.82) is 0 Å². The fourth-order valence-electron chi connectivity index (χ4n) is 1.71. The Hall–Kier alpha value is -2.47. The van der Waals surface area contributed by atoms with Crippen LogP contribution in [0.4, 0.5) is 10.1 Å². The predicted molar refractivity (Wildman–Crippen MR) is 75.2 cm³/mol. The van der Waals surface area contributed by atoms with E-state index < -0.39 is 11.7 Å². The van der Waals surface area contributed by atoms with Gasteiger partial charge in [0.2, 0.25) is 6.54 Å². The van der Waals surface area contributed by atoms with Gasteiger partial charge in [-0.15, -0.1) is 0 Å². The van der Waals surface area contributed by atoms with Gasteiger partial charge in [0, 0.05) is 11.8 Å². The summed E-state index contributed by atoms with van der Waals surface area (Å²) in [5.74, 6) is -1.47. The van der Waals surface area contributed by atoms with Crippen molar-refractivity contribution in [3.05, 3.63) is 59.1 Å². The molecule has 2 aromatic rings. The molecule has 0 aliphatic heterocycles. The van der Waals surface area contributed by atoms with Gasteiger partial charge in [-0.05, 0) is 24.3 Å². The van der Waals surface area contributed by atoms with Crippen LogP contribution in [0.5, 0.6) is 0 Å². The van der Waals surface area contributed by atoms with E-state index in [1.807, 2.05) is 0 Å². The molecule has 0 bridgehead atoms. The highest BCUT2D eigenvalue weighted by molar-refractivity contribution is 6.31. The third-order valence-corrected chi connectivity index (χ3v) is 2.96. The van der Waals surface area contributed by atoms with E-state index in [2.05, 4.69) is 5.32 Å². The normalized spacial score (nSPS) is 10.2. The first-order valence-electron chi connectivity index (χ1n) is 5.99. The van der Waals surface area contributed by atoms with Crippen LogP contribution >= 0.6 is 11.6 Å². The van der Waals surface area contributed by atoms with Crippen molar-refractivity contribution in [2.75, 3.05) is 5.32 Å².